The van der Waals surface area contributed by atoms with Crippen LogP contribution < -0.4 is 0 Å². The van der Waals surface area contributed by atoms with Gasteiger partial charge in [-0.2, -0.15) is 15.0 Å². The SMILES string of the molecule is CCCc1cnn(-c2ccccc2)n1. The Labute approximate surface area is 83.4 Å². The van der Waals surface area contributed by atoms with E-state index in [2.05, 4.69) is 17.1 Å². The molecule has 0 saturated carbocycles. The molecule has 0 aliphatic heterocycles. The van der Waals surface area contributed by atoms with Crippen molar-refractivity contribution in [3.8, 4) is 5.69 Å². The van der Waals surface area contributed by atoms with Crippen molar-refractivity contribution in [3.63, 3.8) is 0 Å². The summed E-state index contributed by atoms with van der Waals surface area (Å²) in [5.41, 5.74) is 2.06. The van der Waals surface area contributed by atoms with Gasteiger partial charge >= 0.3 is 0 Å². The van der Waals surface area contributed by atoms with Gasteiger partial charge in [0.15, 0.2) is 0 Å². The van der Waals surface area contributed by atoms with Gasteiger partial charge in [0.25, 0.3) is 0 Å². The molecule has 0 bridgehead atoms. The number of aryl methyl sites for hydroxylation is 1. The highest BCUT2D eigenvalue weighted by Gasteiger charge is 2.00. The fourth-order valence-corrected chi connectivity index (χ4v) is 1.35. The molecule has 72 valence electrons. The summed E-state index contributed by atoms with van der Waals surface area (Å²) in [6.07, 6.45) is 3.93. The second kappa shape index (κ2) is 4.05. The largest absolute Gasteiger partial charge is 0.157 e. The summed E-state index contributed by atoms with van der Waals surface area (Å²) in [7, 11) is 0. The Bertz CT molecular complexity index is 392. The molecule has 0 spiro atoms. The minimum absolute atomic E-state index is 0.993. The van der Waals surface area contributed by atoms with E-state index in [-0.39, 0.29) is 0 Å². The van der Waals surface area contributed by atoms with Gasteiger partial charge in [0.05, 0.1) is 17.6 Å². The van der Waals surface area contributed by atoms with Crippen molar-refractivity contribution in [1.29, 1.82) is 0 Å². The van der Waals surface area contributed by atoms with E-state index in [1.54, 1.807) is 4.80 Å². The summed E-state index contributed by atoms with van der Waals surface area (Å²) in [6.45, 7) is 2.14. The molecule has 0 aliphatic carbocycles. The van der Waals surface area contributed by atoms with Crippen LogP contribution in [0.2, 0.25) is 0 Å². The average molecular weight is 187 g/mol. The van der Waals surface area contributed by atoms with Crippen LogP contribution in [-0.4, -0.2) is 15.0 Å². The number of hydrogen-bond donors (Lipinski definition) is 0. The highest BCUT2D eigenvalue weighted by Crippen LogP contribution is 2.04. The van der Waals surface area contributed by atoms with Crippen molar-refractivity contribution in [2.75, 3.05) is 0 Å². The summed E-state index contributed by atoms with van der Waals surface area (Å²) < 4.78 is 0. The van der Waals surface area contributed by atoms with Crippen molar-refractivity contribution in [3.05, 3.63) is 42.2 Å². The van der Waals surface area contributed by atoms with Crippen molar-refractivity contribution >= 4 is 0 Å². The van der Waals surface area contributed by atoms with E-state index in [0.717, 1.165) is 24.2 Å². The molecule has 0 fully saturated rings. The van der Waals surface area contributed by atoms with Crippen LogP contribution in [0.25, 0.3) is 5.69 Å². The molecule has 1 aromatic heterocycles. The van der Waals surface area contributed by atoms with E-state index in [0.29, 0.717) is 0 Å². The van der Waals surface area contributed by atoms with E-state index in [1.807, 2.05) is 36.5 Å². The normalized spacial score (nSPS) is 10.4. The molecule has 14 heavy (non-hydrogen) atoms. The monoisotopic (exact) mass is 187 g/mol. The predicted octanol–water partition coefficient (Wildman–Crippen LogP) is 2.22. The van der Waals surface area contributed by atoms with Crippen LogP contribution in [0.1, 0.15) is 19.0 Å². The summed E-state index contributed by atoms with van der Waals surface area (Å²) in [5, 5.41) is 8.59. The Morgan fingerprint density at radius 2 is 2.00 bits per heavy atom. The summed E-state index contributed by atoms with van der Waals surface area (Å²) in [5.74, 6) is 0. The van der Waals surface area contributed by atoms with Gasteiger partial charge in [-0.25, -0.2) is 0 Å². The molecule has 0 saturated heterocycles. The van der Waals surface area contributed by atoms with Crippen molar-refractivity contribution < 1.29 is 0 Å². The minimum Gasteiger partial charge on any atom is -0.157 e. The first kappa shape index (κ1) is 8.94. The molecule has 1 aromatic carbocycles. The Morgan fingerprint density at radius 3 is 2.71 bits per heavy atom. The Balaban J connectivity index is 2.25. The van der Waals surface area contributed by atoms with E-state index >= 15 is 0 Å². The molecule has 0 radical (unpaired) electrons. The zero-order chi connectivity index (χ0) is 9.80. The van der Waals surface area contributed by atoms with Gasteiger partial charge in [-0.05, 0) is 18.6 Å². The Kier molecular flexibility index (Phi) is 2.58. The fourth-order valence-electron chi connectivity index (χ4n) is 1.35. The molecule has 2 rings (SSSR count). The lowest BCUT2D eigenvalue weighted by Gasteiger charge is -1.96. The molecular formula is C11H13N3. The van der Waals surface area contributed by atoms with Crippen LogP contribution in [0.5, 0.6) is 0 Å². The number of aromatic nitrogens is 3. The Morgan fingerprint density at radius 1 is 1.21 bits per heavy atom. The highest BCUT2D eigenvalue weighted by atomic mass is 15.5. The molecule has 0 unspecified atom stereocenters. The van der Waals surface area contributed by atoms with Gasteiger partial charge in [0, 0.05) is 0 Å². The maximum atomic E-state index is 4.38. The van der Waals surface area contributed by atoms with Gasteiger partial charge in [-0.1, -0.05) is 31.5 Å². The first-order chi connectivity index (χ1) is 6.90. The summed E-state index contributed by atoms with van der Waals surface area (Å²) >= 11 is 0. The zero-order valence-electron chi connectivity index (χ0n) is 8.22. The third-order valence-corrected chi connectivity index (χ3v) is 2.03. The van der Waals surface area contributed by atoms with Crippen molar-refractivity contribution in [1.82, 2.24) is 15.0 Å². The van der Waals surface area contributed by atoms with Gasteiger partial charge in [-0.3, -0.25) is 0 Å². The van der Waals surface area contributed by atoms with Gasteiger partial charge in [0.2, 0.25) is 0 Å². The topological polar surface area (TPSA) is 30.7 Å². The van der Waals surface area contributed by atoms with E-state index in [1.165, 1.54) is 0 Å². The molecule has 0 aliphatic rings. The molecule has 0 atom stereocenters. The standard InChI is InChI=1S/C11H13N3/c1-2-6-10-9-12-14(13-10)11-7-4-3-5-8-11/h3-5,7-9H,2,6H2,1H3. The third-order valence-electron chi connectivity index (χ3n) is 2.03. The van der Waals surface area contributed by atoms with Crippen molar-refractivity contribution in [2.45, 2.75) is 19.8 Å². The molecule has 0 N–H and O–H groups in total. The lowest BCUT2D eigenvalue weighted by molar-refractivity contribution is 0.732. The molecule has 0 amide bonds. The number of nitrogens with zero attached hydrogens (tertiary/aromatic N) is 3. The number of benzene rings is 1. The smallest absolute Gasteiger partial charge is 0.0856 e. The zero-order valence-corrected chi connectivity index (χ0v) is 8.22. The maximum absolute atomic E-state index is 4.38. The fraction of sp³-hybridized carbons (Fsp3) is 0.273. The van der Waals surface area contributed by atoms with Gasteiger partial charge in [0.1, 0.15) is 0 Å². The minimum atomic E-state index is 0.993. The summed E-state index contributed by atoms with van der Waals surface area (Å²) in [4.78, 5) is 1.67. The second-order valence-corrected chi connectivity index (χ2v) is 3.21. The van der Waals surface area contributed by atoms with Crippen molar-refractivity contribution in [2.24, 2.45) is 0 Å². The van der Waals surface area contributed by atoms with Crippen LogP contribution in [0, 0.1) is 0 Å². The van der Waals surface area contributed by atoms with Gasteiger partial charge in [-0.15, -0.1) is 0 Å². The number of hydrogen-bond acceptors (Lipinski definition) is 2. The number of rotatable bonds is 3. The molecular weight excluding hydrogens is 174 g/mol. The van der Waals surface area contributed by atoms with E-state index in [4.69, 9.17) is 0 Å². The van der Waals surface area contributed by atoms with Crippen LogP contribution in [-0.2, 0) is 6.42 Å². The first-order valence-electron chi connectivity index (χ1n) is 4.87. The quantitative estimate of drug-likeness (QED) is 0.737. The lowest BCUT2D eigenvalue weighted by Crippen LogP contribution is -1.98. The average Bonchev–Trinajstić information content (AvgIpc) is 2.68. The van der Waals surface area contributed by atoms with Crippen LogP contribution in [0.3, 0.4) is 0 Å². The maximum Gasteiger partial charge on any atom is 0.0856 e. The Hall–Kier alpha value is -1.64. The molecule has 3 nitrogen and oxygen atoms in total. The van der Waals surface area contributed by atoms with Crippen LogP contribution in [0.4, 0.5) is 0 Å². The van der Waals surface area contributed by atoms with Gasteiger partial charge < -0.3 is 0 Å². The second-order valence-electron chi connectivity index (χ2n) is 3.21. The highest BCUT2D eigenvalue weighted by molar-refractivity contribution is 5.28. The first-order valence-corrected chi connectivity index (χ1v) is 4.87. The number of para-hydroxylation sites is 1. The van der Waals surface area contributed by atoms with Crippen LogP contribution in [0.15, 0.2) is 36.5 Å². The van der Waals surface area contributed by atoms with E-state index in [9.17, 15) is 0 Å². The predicted molar refractivity (Wildman–Crippen MR) is 55.4 cm³/mol. The molecule has 2 aromatic rings. The molecule has 1 heterocycles. The molecule has 3 heteroatoms. The third kappa shape index (κ3) is 1.82. The van der Waals surface area contributed by atoms with Crippen LogP contribution >= 0.6 is 0 Å². The van der Waals surface area contributed by atoms with E-state index < -0.39 is 0 Å². The lowest BCUT2D eigenvalue weighted by atomic mass is 10.3. The summed E-state index contributed by atoms with van der Waals surface area (Å²) in [6, 6.07) is 9.95.